The largest absolute Gasteiger partial charge is 0.406 e. The van der Waals surface area contributed by atoms with Crippen LogP contribution in [0.1, 0.15) is 26.3 Å². The molecule has 0 aromatic heterocycles. The van der Waals surface area contributed by atoms with Crippen LogP contribution in [-0.2, 0) is 20.2 Å². The topological polar surface area (TPSA) is 98.5 Å². The summed E-state index contributed by atoms with van der Waals surface area (Å²) >= 11 is 0. The molecule has 3 aromatic rings. The Kier molecular flexibility index (Phi) is 8.03. The van der Waals surface area contributed by atoms with Crippen LogP contribution >= 0.6 is 0 Å². The first-order chi connectivity index (χ1) is 16.1. The molecule has 0 amide bonds. The minimum atomic E-state index is -3.70. The second-order valence-corrected chi connectivity index (χ2v) is 15.2. The van der Waals surface area contributed by atoms with E-state index in [9.17, 15) is 18.5 Å². The lowest BCUT2D eigenvalue weighted by molar-refractivity contribution is -0.384. The Hall–Kier alpha value is -2.85. The van der Waals surface area contributed by atoms with Gasteiger partial charge >= 0.3 is 0 Å². The van der Waals surface area contributed by atoms with E-state index in [1.165, 1.54) is 18.2 Å². The van der Waals surface area contributed by atoms with Gasteiger partial charge in [-0.2, -0.15) is 0 Å². The lowest BCUT2D eigenvalue weighted by Crippen LogP contribution is -2.67. The maximum Gasteiger partial charge on any atom is 0.269 e. The number of hydrogen-bond donors (Lipinski definition) is 1. The number of non-ortho nitro benzene ring substituents is 1. The highest BCUT2D eigenvalue weighted by atomic mass is 32.2. The Morgan fingerprint density at radius 2 is 1.47 bits per heavy atom. The van der Waals surface area contributed by atoms with Crippen LogP contribution in [0.25, 0.3) is 0 Å². The Labute approximate surface area is 202 Å². The average Bonchev–Trinajstić information content (AvgIpc) is 2.79. The molecule has 3 aromatic carbocycles. The second kappa shape index (κ2) is 10.6. The molecule has 180 valence electrons. The molecule has 3 rings (SSSR count). The van der Waals surface area contributed by atoms with Crippen molar-refractivity contribution in [2.45, 2.75) is 31.6 Å². The van der Waals surface area contributed by atoms with Gasteiger partial charge in [0.1, 0.15) is 0 Å². The average molecular weight is 499 g/mol. The molecular formula is C25H30N2O5SSi. The zero-order valence-corrected chi connectivity index (χ0v) is 21.4. The van der Waals surface area contributed by atoms with Crippen molar-refractivity contribution in [3.8, 4) is 0 Å². The van der Waals surface area contributed by atoms with Gasteiger partial charge in [-0.1, -0.05) is 93.6 Å². The maximum atomic E-state index is 12.6. The highest BCUT2D eigenvalue weighted by molar-refractivity contribution is 7.88. The van der Waals surface area contributed by atoms with Crippen molar-refractivity contribution in [2.75, 3.05) is 13.2 Å². The Morgan fingerprint density at radius 1 is 0.912 bits per heavy atom. The summed E-state index contributed by atoms with van der Waals surface area (Å²) in [5.41, 5.74) is 0.220. The molecule has 1 N–H and O–H groups in total. The van der Waals surface area contributed by atoms with E-state index in [-0.39, 0.29) is 29.6 Å². The summed E-state index contributed by atoms with van der Waals surface area (Å²) in [6.07, 6.45) is 0. The zero-order chi connectivity index (χ0) is 24.8. The quantitative estimate of drug-likeness (QED) is 0.199. The maximum absolute atomic E-state index is 12.6. The smallest absolute Gasteiger partial charge is 0.269 e. The minimum absolute atomic E-state index is 0.0990. The van der Waals surface area contributed by atoms with Crippen molar-refractivity contribution in [1.82, 2.24) is 4.72 Å². The minimum Gasteiger partial charge on any atom is -0.406 e. The predicted octanol–water partition coefficient (Wildman–Crippen LogP) is 3.59. The Morgan fingerprint density at radius 3 is 1.97 bits per heavy atom. The Bertz CT molecular complexity index is 1170. The first kappa shape index (κ1) is 25.8. The molecule has 9 heteroatoms. The van der Waals surface area contributed by atoms with E-state index < -0.39 is 23.3 Å². The van der Waals surface area contributed by atoms with Crippen LogP contribution in [0.2, 0.25) is 5.04 Å². The number of nitrogens with zero attached hydrogens (tertiary/aromatic N) is 1. The van der Waals surface area contributed by atoms with Crippen LogP contribution in [0.4, 0.5) is 5.69 Å². The number of nitrogens with one attached hydrogen (secondary N) is 1. The third-order valence-electron chi connectivity index (χ3n) is 5.64. The lowest BCUT2D eigenvalue weighted by atomic mass is 10.2. The van der Waals surface area contributed by atoms with Gasteiger partial charge in [0.25, 0.3) is 14.0 Å². The summed E-state index contributed by atoms with van der Waals surface area (Å²) in [5, 5.41) is 13.0. The third kappa shape index (κ3) is 5.98. The standard InChI is InChI=1S/C25H30N2O5SSi/c1-25(2,3)34(23-13-6-4-7-14-23,24-15-8-5-9-16-24)32-18-17-26-33(30,31)20-21-11-10-12-22(19-21)27(28)29/h4-16,19,26H,17-18,20H2,1-3H3. The fourth-order valence-electron chi connectivity index (χ4n) is 4.19. The summed E-state index contributed by atoms with van der Waals surface area (Å²) in [4.78, 5) is 10.4. The monoisotopic (exact) mass is 498 g/mol. The van der Waals surface area contributed by atoms with Gasteiger partial charge < -0.3 is 4.43 Å². The summed E-state index contributed by atoms with van der Waals surface area (Å²) < 4.78 is 34.5. The first-order valence-electron chi connectivity index (χ1n) is 11.0. The van der Waals surface area contributed by atoms with Gasteiger partial charge in [-0.05, 0) is 21.0 Å². The normalized spacial score (nSPS) is 12.4. The van der Waals surface area contributed by atoms with Gasteiger partial charge in [0, 0.05) is 25.3 Å². The number of hydrogen-bond acceptors (Lipinski definition) is 5. The highest BCUT2D eigenvalue weighted by Gasteiger charge is 2.50. The first-order valence-corrected chi connectivity index (χ1v) is 14.6. The van der Waals surface area contributed by atoms with Gasteiger partial charge in [-0.15, -0.1) is 0 Å². The molecule has 0 atom stereocenters. The molecule has 0 aliphatic carbocycles. The van der Waals surface area contributed by atoms with E-state index in [0.29, 0.717) is 5.56 Å². The van der Waals surface area contributed by atoms with Crippen molar-refractivity contribution in [2.24, 2.45) is 0 Å². The summed E-state index contributed by atoms with van der Waals surface area (Å²) in [6.45, 7) is 6.77. The zero-order valence-electron chi connectivity index (χ0n) is 19.6. The van der Waals surface area contributed by atoms with Crippen LogP contribution < -0.4 is 15.1 Å². The molecule has 0 bridgehead atoms. The molecule has 0 heterocycles. The van der Waals surface area contributed by atoms with Gasteiger partial charge in [0.2, 0.25) is 10.0 Å². The van der Waals surface area contributed by atoms with Gasteiger partial charge in [-0.25, -0.2) is 13.1 Å². The van der Waals surface area contributed by atoms with Crippen molar-refractivity contribution >= 4 is 34.4 Å². The molecule has 0 aliphatic rings. The summed E-state index contributed by atoms with van der Waals surface area (Å²) in [6, 6.07) is 25.9. The number of sulfonamides is 1. The molecular weight excluding hydrogens is 468 g/mol. The molecule has 0 saturated carbocycles. The number of nitro groups is 1. The molecule has 7 nitrogen and oxygen atoms in total. The van der Waals surface area contributed by atoms with Crippen LogP contribution in [0, 0.1) is 10.1 Å². The van der Waals surface area contributed by atoms with Crippen LogP contribution in [0.15, 0.2) is 84.9 Å². The summed E-state index contributed by atoms with van der Waals surface area (Å²) in [5.74, 6) is -0.339. The van der Waals surface area contributed by atoms with Crippen LogP contribution in [0.3, 0.4) is 0 Å². The lowest BCUT2D eigenvalue weighted by Gasteiger charge is -2.43. The molecule has 0 fully saturated rings. The van der Waals surface area contributed by atoms with E-state index in [1.807, 2.05) is 36.4 Å². The molecule has 0 unspecified atom stereocenters. The van der Waals surface area contributed by atoms with Crippen molar-refractivity contribution < 1.29 is 17.8 Å². The number of benzene rings is 3. The highest BCUT2D eigenvalue weighted by Crippen LogP contribution is 2.36. The van der Waals surface area contributed by atoms with Crippen molar-refractivity contribution in [1.29, 1.82) is 0 Å². The van der Waals surface area contributed by atoms with Crippen LogP contribution in [0.5, 0.6) is 0 Å². The molecule has 0 saturated heterocycles. The predicted molar refractivity (Wildman–Crippen MR) is 137 cm³/mol. The number of nitro benzene ring substituents is 1. The van der Waals surface area contributed by atoms with Crippen molar-refractivity contribution in [3.63, 3.8) is 0 Å². The van der Waals surface area contributed by atoms with E-state index in [4.69, 9.17) is 4.43 Å². The van der Waals surface area contributed by atoms with E-state index in [2.05, 4.69) is 49.8 Å². The second-order valence-electron chi connectivity index (χ2n) is 9.09. The summed E-state index contributed by atoms with van der Waals surface area (Å²) in [7, 11) is -6.45. The van der Waals surface area contributed by atoms with Crippen molar-refractivity contribution in [3.05, 3.63) is 101 Å². The van der Waals surface area contributed by atoms with Crippen LogP contribution in [-0.4, -0.2) is 34.8 Å². The fourth-order valence-corrected chi connectivity index (χ4v) is 9.87. The SMILES string of the molecule is CC(C)(C)[Si](OCCNS(=O)(=O)Cc1cccc([N+](=O)[O-])c1)(c1ccccc1)c1ccccc1. The molecule has 0 radical (unpaired) electrons. The van der Waals surface area contributed by atoms with E-state index >= 15 is 0 Å². The van der Waals surface area contributed by atoms with Gasteiger partial charge in [-0.3, -0.25) is 10.1 Å². The molecule has 0 spiro atoms. The number of rotatable bonds is 10. The molecule has 0 aliphatic heterocycles. The van der Waals surface area contributed by atoms with Gasteiger partial charge in [0.05, 0.1) is 10.7 Å². The fraction of sp³-hybridized carbons (Fsp3) is 0.280. The Balaban J connectivity index is 1.78. The third-order valence-corrected chi connectivity index (χ3v) is 12.0. The van der Waals surface area contributed by atoms with Gasteiger partial charge in [0.15, 0.2) is 0 Å². The molecule has 34 heavy (non-hydrogen) atoms. The van der Waals surface area contributed by atoms with E-state index in [1.54, 1.807) is 6.07 Å². The van der Waals surface area contributed by atoms with E-state index in [0.717, 1.165) is 10.4 Å².